The molecule has 10 heteroatoms. The predicted molar refractivity (Wildman–Crippen MR) is 334 cm³/mol. The van der Waals surface area contributed by atoms with Crippen LogP contribution >= 0.6 is 0 Å². The molecule has 0 aromatic rings. The topological polar surface area (TPSA) is 113 Å². The van der Waals surface area contributed by atoms with Crippen LogP contribution in [0.25, 0.3) is 0 Å². The van der Waals surface area contributed by atoms with Crippen LogP contribution in [0.4, 0.5) is 0 Å². The molecule has 3 atom stereocenters. The van der Waals surface area contributed by atoms with Crippen molar-refractivity contribution in [2.24, 2.45) is 11.8 Å². The molecule has 3 unspecified atom stereocenters. The number of hydrogen-bond donors (Lipinski definition) is 1. The number of carbonyl (C=O) groups excluding carboxylic acids is 2. The van der Waals surface area contributed by atoms with Gasteiger partial charge in [0.05, 0.1) is 32.7 Å². The lowest BCUT2D eigenvalue weighted by molar-refractivity contribution is -0.159. The normalized spacial score (nSPS) is 14.7. The first-order valence-electron chi connectivity index (χ1n) is 34.3. The summed E-state index contributed by atoms with van der Waals surface area (Å²) in [6, 6.07) is 0. The number of ether oxygens (including phenoxy) is 6. The van der Waals surface area contributed by atoms with Crippen molar-refractivity contribution in [1.29, 1.82) is 0 Å². The largest absolute Gasteiger partial charge is 0.466 e. The number of aliphatic hydroxyl groups is 1. The second-order valence-corrected chi connectivity index (χ2v) is 22.8. The van der Waals surface area contributed by atoms with Crippen molar-refractivity contribution < 1.29 is 43.1 Å². The van der Waals surface area contributed by atoms with Crippen molar-refractivity contribution in [1.82, 2.24) is 4.90 Å². The standard InChI is InChI=1S/C59H115NO9.3C3H8/c1-5-9-12-15-18-25-34-50-67-58(66-47-8-4)41-39-56(62)64-49-33-29-22-24-31-38-55-53-60(45-46-61)44-43-54(55)37-30-23-21-28-32-48-65-57(63)40-42-59(68-51-35-26-19-16-13-10-6-2)69-52-36-27-20-17-14-11-7-3;3*1-3-2/h54-55,58-59,61H,5-53H2,1-4H3;3*3H2,1-2H3. The van der Waals surface area contributed by atoms with E-state index in [2.05, 4.69) is 74.1 Å². The highest BCUT2D eigenvalue weighted by atomic mass is 16.7. The molecule has 470 valence electrons. The van der Waals surface area contributed by atoms with Gasteiger partial charge in [-0.1, -0.05) is 262 Å². The predicted octanol–water partition coefficient (Wildman–Crippen LogP) is 19.9. The molecule has 0 aromatic carbocycles. The average molecular weight is 1110 g/mol. The van der Waals surface area contributed by atoms with Crippen LogP contribution in [0, 0.1) is 11.8 Å². The number of likely N-dealkylation sites (tertiary alicyclic amines) is 1. The van der Waals surface area contributed by atoms with Crippen molar-refractivity contribution >= 4 is 11.9 Å². The van der Waals surface area contributed by atoms with E-state index in [0.717, 1.165) is 76.9 Å². The number of β-amino-alcohol motifs (C(OH)–C–C–N with tert-alkyl or cyclic N) is 1. The molecule has 1 rings (SSSR count). The Morgan fingerprint density at radius 3 is 1.05 bits per heavy atom. The second-order valence-electron chi connectivity index (χ2n) is 22.8. The SMILES string of the molecule is CCC.CCC.CCC.CCCCCCCCCOC(CCC(=O)OCCCCCCCC1CN(CCO)CCC1CCCCCCCOC(=O)CCC(OCCCCCCCCC)OCCCCCCCCC)OCCC. The zero-order valence-electron chi connectivity index (χ0n) is 54.2. The number of nitrogens with zero attached hydrogens (tertiary/aromatic N) is 1. The quantitative estimate of drug-likeness (QED) is 0.0359. The molecule has 0 saturated carbocycles. The summed E-state index contributed by atoms with van der Waals surface area (Å²) in [5.74, 6) is 1.18. The summed E-state index contributed by atoms with van der Waals surface area (Å²) in [7, 11) is 0. The molecule has 0 radical (unpaired) electrons. The Bertz CT molecular complexity index is 1100. The molecule has 1 fully saturated rings. The Labute approximate surface area is 487 Å². The zero-order chi connectivity index (χ0) is 58.1. The first-order valence-corrected chi connectivity index (χ1v) is 34.3. The number of esters is 2. The third kappa shape index (κ3) is 62.3. The van der Waals surface area contributed by atoms with Gasteiger partial charge in [-0.05, 0) is 69.7 Å². The maximum atomic E-state index is 12.7. The van der Waals surface area contributed by atoms with E-state index in [9.17, 15) is 14.7 Å². The van der Waals surface area contributed by atoms with E-state index >= 15 is 0 Å². The molecule has 1 saturated heterocycles. The summed E-state index contributed by atoms with van der Waals surface area (Å²) in [4.78, 5) is 27.6. The third-order valence-electron chi connectivity index (χ3n) is 14.2. The highest BCUT2D eigenvalue weighted by Crippen LogP contribution is 2.32. The maximum absolute atomic E-state index is 12.7. The fourth-order valence-electron chi connectivity index (χ4n) is 9.77. The number of hydrogen-bond acceptors (Lipinski definition) is 10. The molecule has 0 aromatic heterocycles. The number of carbonyl (C=O) groups is 2. The van der Waals surface area contributed by atoms with Crippen LogP contribution < -0.4 is 0 Å². The van der Waals surface area contributed by atoms with E-state index in [1.807, 2.05) is 0 Å². The van der Waals surface area contributed by atoms with E-state index in [1.54, 1.807) is 0 Å². The monoisotopic (exact) mass is 1110 g/mol. The summed E-state index contributed by atoms with van der Waals surface area (Å²) < 4.78 is 35.4. The van der Waals surface area contributed by atoms with Gasteiger partial charge in [0, 0.05) is 52.4 Å². The Hall–Kier alpha value is -1.30. The van der Waals surface area contributed by atoms with Crippen LogP contribution in [0.1, 0.15) is 339 Å². The average Bonchev–Trinajstić information content (AvgIpc) is 3.43. The Morgan fingerprint density at radius 1 is 0.397 bits per heavy atom. The first kappa shape index (κ1) is 80.9. The molecule has 1 heterocycles. The van der Waals surface area contributed by atoms with Crippen LogP contribution in [0.5, 0.6) is 0 Å². The van der Waals surface area contributed by atoms with E-state index < -0.39 is 0 Å². The molecule has 0 bridgehead atoms. The fourth-order valence-corrected chi connectivity index (χ4v) is 9.77. The van der Waals surface area contributed by atoms with Crippen LogP contribution in [-0.4, -0.2) is 100 Å². The molecule has 10 nitrogen and oxygen atoms in total. The van der Waals surface area contributed by atoms with Crippen molar-refractivity contribution in [3.8, 4) is 0 Å². The Balaban J connectivity index is -0.00000581. The Kier molecular flexibility index (Phi) is 72.6. The summed E-state index contributed by atoms with van der Waals surface area (Å²) >= 11 is 0. The molecular formula is C68H139NO9. The molecule has 78 heavy (non-hydrogen) atoms. The smallest absolute Gasteiger partial charge is 0.305 e. The van der Waals surface area contributed by atoms with Crippen LogP contribution in [-0.2, 0) is 38.0 Å². The van der Waals surface area contributed by atoms with E-state index in [-0.39, 0.29) is 31.1 Å². The minimum absolute atomic E-state index is 0.133. The van der Waals surface area contributed by atoms with Crippen LogP contribution in [0.3, 0.4) is 0 Å². The summed E-state index contributed by atoms with van der Waals surface area (Å²) in [5, 5.41) is 9.64. The minimum atomic E-state index is -0.322. The summed E-state index contributed by atoms with van der Waals surface area (Å²) in [6.07, 6.45) is 47.2. The Morgan fingerprint density at radius 2 is 0.705 bits per heavy atom. The van der Waals surface area contributed by atoms with Gasteiger partial charge in [-0.3, -0.25) is 9.59 Å². The molecule has 0 aliphatic carbocycles. The number of piperidine rings is 1. The van der Waals surface area contributed by atoms with Crippen molar-refractivity contribution in [2.45, 2.75) is 351 Å². The molecule has 1 aliphatic rings. The number of aliphatic hydroxyl groups excluding tert-OH is 1. The van der Waals surface area contributed by atoms with E-state index in [0.29, 0.717) is 71.2 Å². The fraction of sp³-hybridized carbons (Fsp3) is 0.971. The van der Waals surface area contributed by atoms with Crippen molar-refractivity contribution in [2.75, 3.05) is 65.9 Å². The summed E-state index contributed by atoms with van der Waals surface area (Å²) in [5.41, 5.74) is 0. The molecule has 0 amide bonds. The van der Waals surface area contributed by atoms with E-state index in [1.165, 1.54) is 193 Å². The van der Waals surface area contributed by atoms with Gasteiger partial charge >= 0.3 is 11.9 Å². The van der Waals surface area contributed by atoms with Gasteiger partial charge in [0.25, 0.3) is 0 Å². The zero-order valence-corrected chi connectivity index (χ0v) is 54.2. The van der Waals surface area contributed by atoms with E-state index in [4.69, 9.17) is 28.4 Å². The van der Waals surface area contributed by atoms with Crippen LogP contribution in [0.15, 0.2) is 0 Å². The van der Waals surface area contributed by atoms with Gasteiger partial charge < -0.3 is 38.4 Å². The lowest BCUT2D eigenvalue weighted by Gasteiger charge is -2.39. The third-order valence-corrected chi connectivity index (χ3v) is 14.2. The molecule has 1 aliphatic heterocycles. The maximum Gasteiger partial charge on any atom is 0.305 e. The highest BCUT2D eigenvalue weighted by Gasteiger charge is 2.28. The van der Waals surface area contributed by atoms with Gasteiger partial charge in [-0.2, -0.15) is 0 Å². The van der Waals surface area contributed by atoms with Gasteiger partial charge in [0.15, 0.2) is 12.6 Å². The first-order chi connectivity index (χ1) is 38.2. The summed E-state index contributed by atoms with van der Waals surface area (Å²) in [6.45, 7) is 28.6. The lowest BCUT2D eigenvalue weighted by Crippen LogP contribution is -2.41. The lowest BCUT2D eigenvalue weighted by atomic mass is 9.79. The molecule has 1 N–H and O–H groups in total. The van der Waals surface area contributed by atoms with Crippen molar-refractivity contribution in [3.63, 3.8) is 0 Å². The molecular weight excluding hydrogens is 975 g/mol. The number of unbranched alkanes of at least 4 members (excludes halogenated alkanes) is 26. The van der Waals surface area contributed by atoms with Crippen molar-refractivity contribution in [3.05, 3.63) is 0 Å². The van der Waals surface area contributed by atoms with Gasteiger partial charge in [0.1, 0.15) is 0 Å². The highest BCUT2D eigenvalue weighted by molar-refractivity contribution is 5.69. The minimum Gasteiger partial charge on any atom is -0.466 e. The van der Waals surface area contributed by atoms with Crippen LogP contribution in [0.2, 0.25) is 0 Å². The van der Waals surface area contributed by atoms with Gasteiger partial charge in [0.2, 0.25) is 0 Å². The van der Waals surface area contributed by atoms with Gasteiger partial charge in [-0.15, -0.1) is 0 Å². The second kappa shape index (κ2) is 70.0. The number of rotatable bonds is 54. The van der Waals surface area contributed by atoms with Gasteiger partial charge in [-0.25, -0.2) is 0 Å². The molecule has 0 spiro atoms.